The first kappa shape index (κ1) is 12.1. The predicted octanol–water partition coefficient (Wildman–Crippen LogP) is 2.60. The van der Waals surface area contributed by atoms with Crippen LogP contribution in [-0.2, 0) is 6.54 Å². The van der Waals surface area contributed by atoms with Crippen molar-refractivity contribution in [3.63, 3.8) is 0 Å². The highest BCUT2D eigenvalue weighted by Gasteiger charge is 2.23. The summed E-state index contributed by atoms with van der Waals surface area (Å²) in [6.07, 6.45) is 4.23. The van der Waals surface area contributed by atoms with Crippen molar-refractivity contribution in [1.82, 2.24) is 4.90 Å². The Hall–Kier alpha value is -0.320. The summed E-state index contributed by atoms with van der Waals surface area (Å²) in [4.78, 5) is 2.43. The van der Waals surface area contributed by atoms with Gasteiger partial charge in [0.05, 0.1) is 17.3 Å². The molecule has 1 fully saturated rings. The fourth-order valence-electron chi connectivity index (χ4n) is 2.31. The summed E-state index contributed by atoms with van der Waals surface area (Å²) in [5.74, 6) is 1.65. The lowest BCUT2D eigenvalue weighted by atomic mass is 9.92. The average molecular weight is 287 g/mol. The standard InChI is InChI=1S/C12H19BrN2O/c1-9(14)10-3-2-5-15(7-10)8-12-11(13)4-6-16-12/h4,6,9-10H,2-3,5,7-8,14H2,1H3. The lowest BCUT2D eigenvalue weighted by Crippen LogP contribution is -2.41. The molecule has 3 nitrogen and oxygen atoms in total. The maximum atomic E-state index is 5.97. The van der Waals surface area contributed by atoms with Gasteiger partial charge in [0.25, 0.3) is 0 Å². The molecule has 2 heterocycles. The topological polar surface area (TPSA) is 42.4 Å². The van der Waals surface area contributed by atoms with Crippen molar-refractivity contribution in [1.29, 1.82) is 0 Å². The van der Waals surface area contributed by atoms with Gasteiger partial charge >= 0.3 is 0 Å². The number of hydrogen-bond donors (Lipinski definition) is 1. The van der Waals surface area contributed by atoms with Crippen LogP contribution >= 0.6 is 15.9 Å². The largest absolute Gasteiger partial charge is 0.467 e. The van der Waals surface area contributed by atoms with Gasteiger partial charge in [0, 0.05) is 12.6 Å². The summed E-state index contributed by atoms with van der Waals surface area (Å²) in [6.45, 7) is 5.23. The van der Waals surface area contributed by atoms with Gasteiger partial charge < -0.3 is 10.2 Å². The SMILES string of the molecule is CC(N)C1CCCN(Cc2occc2Br)C1. The Labute approximate surface area is 105 Å². The van der Waals surface area contributed by atoms with Crippen molar-refractivity contribution in [2.24, 2.45) is 11.7 Å². The zero-order valence-corrected chi connectivity index (χ0v) is 11.2. The molecule has 0 spiro atoms. The highest BCUT2D eigenvalue weighted by Crippen LogP contribution is 2.24. The van der Waals surface area contributed by atoms with E-state index < -0.39 is 0 Å². The molecule has 0 radical (unpaired) electrons. The quantitative estimate of drug-likeness (QED) is 0.929. The second kappa shape index (κ2) is 5.34. The van der Waals surface area contributed by atoms with E-state index >= 15 is 0 Å². The highest BCUT2D eigenvalue weighted by molar-refractivity contribution is 9.10. The Bertz CT molecular complexity index is 338. The van der Waals surface area contributed by atoms with E-state index in [0.717, 1.165) is 29.9 Å². The third kappa shape index (κ3) is 2.87. The number of furan rings is 1. The highest BCUT2D eigenvalue weighted by atomic mass is 79.9. The summed E-state index contributed by atoms with van der Waals surface area (Å²) < 4.78 is 6.51. The molecule has 0 aliphatic carbocycles. The maximum absolute atomic E-state index is 5.97. The van der Waals surface area contributed by atoms with E-state index in [2.05, 4.69) is 27.8 Å². The zero-order chi connectivity index (χ0) is 11.5. The first-order valence-corrected chi connectivity index (χ1v) is 6.66. The monoisotopic (exact) mass is 286 g/mol. The van der Waals surface area contributed by atoms with Gasteiger partial charge in [-0.2, -0.15) is 0 Å². The van der Waals surface area contributed by atoms with E-state index in [9.17, 15) is 0 Å². The molecule has 2 atom stereocenters. The molecular formula is C12H19BrN2O. The van der Waals surface area contributed by atoms with Gasteiger partial charge in [0.2, 0.25) is 0 Å². The summed E-state index contributed by atoms with van der Waals surface area (Å²) in [5.41, 5.74) is 5.97. The number of hydrogen-bond acceptors (Lipinski definition) is 3. The first-order chi connectivity index (χ1) is 7.66. The van der Waals surface area contributed by atoms with E-state index in [4.69, 9.17) is 10.2 Å². The molecule has 16 heavy (non-hydrogen) atoms. The van der Waals surface area contributed by atoms with Crippen LogP contribution in [0.15, 0.2) is 21.2 Å². The molecule has 1 aromatic rings. The molecule has 0 bridgehead atoms. The Morgan fingerprint density at radius 3 is 3.12 bits per heavy atom. The van der Waals surface area contributed by atoms with Crippen LogP contribution in [0.1, 0.15) is 25.5 Å². The molecule has 1 saturated heterocycles. The average Bonchev–Trinajstić information content (AvgIpc) is 2.65. The van der Waals surface area contributed by atoms with Crippen LogP contribution in [0.5, 0.6) is 0 Å². The summed E-state index contributed by atoms with van der Waals surface area (Å²) in [5, 5.41) is 0. The van der Waals surface area contributed by atoms with E-state index in [1.165, 1.54) is 12.8 Å². The van der Waals surface area contributed by atoms with Crippen LogP contribution in [-0.4, -0.2) is 24.0 Å². The molecule has 2 rings (SSSR count). The van der Waals surface area contributed by atoms with Gasteiger partial charge in [-0.25, -0.2) is 0 Å². The number of nitrogens with zero attached hydrogens (tertiary/aromatic N) is 1. The van der Waals surface area contributed by atoms with Crippen molar-refractivity contribution >= 4 is 15.9 Å². The maximum Gasteiger partial charge on any atom is 0.131 e. The van der Waals surface area contributed by atoms with E-state index in [1.807, 2.05) is 6.07 Å². The Kier molecular flexibility index (Phi) is 4.05. The Morgan fingerprint density at radius 2 is 2.50 bits per heavy atom. The van der Waals surface area contributed by atoms with E-state index in [1.54, 1.807) is 6.26 Å². The van der Waals surface area contributed by atoms with Crippen LogP contribution < -0.4 is 5.73 Å². The number of nitrogens with two attached hydrogens (primary N) is 1. The first-order valence-electron chi connectivity index (χ1n) is 5.86. The van der Waals surface area contributed by atoms with Crippen LogP contribution in [0.3, 0.4) is 0 Å². The van der Waals surface area contributed by atoms with E-state index in [0.29, 0.717) is 12.0 Å². The third-order valence-electron chi connectivity index (χ3n) is 3.34. The van der Waals surface area contributed by atoms with Crippen LogP contribution in [0.2, 0.25) is 0 Å². The van der Waals surface area contributed by atoms with Crippen LogP contribution in [0.4, 0.5) is 0 Å². The molecule has 2 N–H and O–H groups in total. The van der Waals surface area contributed by atoms with Crippen molar-refractivity contribution in [2.75, 3.05) is 13.1 Å². The minimum Gasteiger partial charge on any atom is -0.467 e. The predicted molar refractivity (Wildman–Crippen MR) is 68.1 cm³/mol. The Morgan fingerprint density at radius 1 is 1.69 bits per heavy atom. The van der Waals surface area contributed by atoms with Crippen molar-refractivity contribution in [3.8, 4) is 0 Å². The molecular weight excluding hydrogens is 268 g/mol. The molecule has 1 aliphatic heterocycles. The second-order valence-corrected chi connectivity index (χ2v) is 5.54. The lowest BCUT2D eigenvalue weighted by Gasteiger charge is -2.34. The molecule has 1 aliphatic rings. The third-order valence-corrected chi connectivity index (χ3v) is 4.05. The molecule has 1 aromatic heterocycles. The lowest BCUT2D eigenvalue weighted by molar-refractivity contribution is 0.145. The zero-order valence-electron chi connectivity index (χ0n) is 9.66. The molecule has 90 valence electrons. The number of likely N-dealkylation sites (tertiary alicyclic amines) is 1. The van der Waals surface area contributed by atoms with Gasteiger partial charge in [0.1, 0.15) is 5.76 Å². The van der Waals surface area contributed by atoms with Crippen LogP contribution in [0, 0.1) is 5.92 Å². The fraction of sp³-hybridized carbons (Fsp3) is 0.667. The summed E-state index contributed by atoms with van der Waals surface area (Å²) in [6, 6.07) is 2.24. The fourth-order valence-corrected chi connectivity index (χ4v) is 2.63. The van der Waals surface area contributed by atoms with Gasteiger partial charge in [-0.15, -0.1) is 0 Å². The summed E-state index contributed by atoms with van der Waals surface area (Å²) >= 11 is 3.49. The van der Waals surface area contributed by atoms with Gasteiger partial charge in [-0.3, -0.25) is 4.90 Å². The van der Waals surface area contributed by atoms with E-state index in [-0.39, 0.29) is 0 Å². The van der Waals surface area contributed by atoms with Gasteiger partial charge in [-0.1, -0.05) is 0 Å². The molecule has 4 heteroatoms. The van der Waals surface area contributed by atoms with Crippen molar-refractivity contribution in [2.45, 2.75) is 32.4 Å². The van der Waals surface area contributed by atoms with Gasteiger partial charge in [-0.05, 0) is 54.2 Å². The number of rotatable bonds is 3. The molecule has 0 amide bonds. The van der Waals surface area contributed by atoms with Crippen molar-refractivity contribution < 1.29 is 4.42 Å². The van der Waals surface area contributed by atoms with Crippen molar-refractivity contribution in [3.05, 3.63) is 22.6 Å². The molecule has 0 aromatic carbocycles. The molecule has 0 saturated carbocycles. The smallest absolute Gasteiger partial charge is 0.131 e. The minimum absolute atomic E-state index is 0.294. The molecule has 2 unspecified atom stereocenters. The number of piperidine rings is 1. The van der Waals surface area contributed by atoms with Gasteiger partial charge in [0.15, 0.2) is 0 Å². The number of halogens is 1. The minimum atomic E-state index is 0.294. The normalized spacial score (nSPS) is 24.6. The van der Waals surface area contributed by atoms with Crippen LogP contribution in [0.25, 0.3) is 0 Å². The Balaban J connectivity index is 1.93. The second-order valence-electron chi connectivity index (χ2n) is 4.69. The summed E-state index contributed by atoms with van der Waals surface area (Å²) in [7, 11) is 0.